The Hall–Kier alpha value is -1.32. The van der Waals surface area contributed by atoms with E-state index < -0.39 is 6.10 Å². The summed E-state index contributed by atoms with van der Waals surface area (Å²) in [5, 5.41) is 10.7. The Labute approximate surface area is 128 Å². The highest BCUT2D eigenvalue weighted by molar-refractivity contribution is 9.10. The molecule has 3 heteroatoms. The summed E-state index contributed by atoms with van der Waals surface area (Å²) in [4.78, 5) is 0. The predicted molar refractivity (Wildman–Crippen MR) is 85.4 cm³/mol. The molecule has 0 aliphatic rings. The number of aliphatic hydroxyl groups is 1. The van der Waals surface area contributed by atoms with Gasteiger partial charge in [-0.2, -0.15) is 0 Å². The summed E-state index contributed by atoms with van der Waals surface area (Å²) in [6, 6.07) is 9.89. The highest BCUT2D eigenvalue weighted by Crippen LogP contribution is 2.36. The molecule has 0 bridgehead atoms. The third kappa shape index (κ3) is 2.74. The smallest absolute Gasteiger partial charge is 0.128 e. The van der Waals surface area contributed by atoms with Crippen molar-refractivity contribution in [1.82, 2.24) is 0 Å². The molecule has 0 spiro atoms. The van der Waals surface area contributed by atoms with Crippen molar-refractivity contribution >= 4 is 15.9 Å². The zero-order chi connectivity index (χ0) is 14.9. The van der Waals surface area contributed by atoms with Gasteiger partial charge in [-0.25, -0.2) is 0 Å². The quantitative estimate of drug-likeness (QED) is 0.897. The van der Waals surface area contributed by atoms with Gasteiger partial charge in [-0.3, -0.25) is 0 Å². The maximum atomic E-state index is 10.7. The molecule has 0 saturated heterocycles. The molecule has 2 rings (SSSR count). The number of aryl methyl sites for hydroxylation is 2. The number of rotatable bonds is 3. The molecular weight excluding hydrogens is 316 g/mol. The molecule has 0 saturated carbocycles. The van der Waals surface area contributed by atoms with Crippen LogP contribution in [-0.4, -0.2) is 12.2 Å². The Morgan fingerprint density at radius 1 is 1.05 bits per heavy atom. The molecule has 106 valence electrons. The summed E-state index contributed by atoms with van der Waals surface area (Å²) in [7, 11) is 1.64. The second kappa shape index (κ2) is 5.98. The van der Waals surface area contributed by atoms with E-state index in [1.54, 1.807) is 7.11 Å². The van der Waals surface area contributed by atoms with E-state index in [1.807, 2.05) is 51.1 Å². The van der Waals surface area contributed by atoms with Crippen LogP contribution in [0, 0.1) is 20.8 Å². The van der Waals surface area contributed by atoms with Crippen LogP contribution < -0.4 is 4.74 Å². The Morgan fingerprint density at radius 2 is 1.70 bits per heavy atom. The molecule has 2 aromatic carbocycles. The number of benzene rings is 2. The van der Waals surface area contributed by atoms with Gasteiger partial charge < -0.3 is 9.84 Å². The lowest BCUT2D eigenvalue weighted by molar-refractivity contribution is 0.213. The van der Waals surface area contributed by atoms with Crippen molar-refractivity contribution in [2.24, 2.45) is 0 Å². The minimum atomic E-state index is -0.709. The summed E-state index contributed by atoms with van der Waals surface area (Å²) >= 11 is 3.52. The predicted octanol–water partition coefficient (Wildman–Crippen LogP) is 4.46. The lowest BCUT2D eigenvalue weighted by atomic mass is 9.96. The molecular formula is C17H19BrO2. The maximum absolute atomic E-state index is 10.7. The van der Waals surface area contributed by atoms with Crippen LogP contribution in [0.15, 0.2) is 34.8 Å². The van der Waals surface area contributed by atoms with Crippen molar-refractivity contribution in [3.05, 3.63) is 62.6 Å². The zero-order valence-electron chi connectivity index (χ0n) is 12.2. The largest absolute Gasteiger partial charge is 0.496 e. The van der Waals surface area contributed by atoms with E-state index in [-0.39, 0.29) is 0 Å². The molecule has 20 heavy (non-hydrogen) atoms. The summed E-state index contributed by atoms with van der Waals surface area (Å²) in [5.41, 5.74) is 5.00. The Bertz CT molecular complexity index is 635. The first-order valence-electron chi connectivity index (χ1n) is 6.54. The van der Waals surface area contributed by atoms with Crippen molar-refractivity contribution in [3.63, 3.8) is 0 Å². The van der Waals surface area contributed by atoms with E-state index >= 15 is 0 Å². The van der Waals surface area contributed by atoms with E-state index in [0.717, 1.165) is 38.0 Å². The fourth-order valence-corrected chi connectivity index (χ4v) is 3.03. The van der Waals surface area contributed by atoms with Crippen LogP contribution in [0.4, 0.5) is 0 Å². The van der Waals surface area contributed by atoms with Crippen LogP contribution in [0.2, 0.25) is 0 Å². The summed E-state index contributed by atoms with van der Waals surface area (Å²) in [6.45, 7) is 6.07. The number of halogens is 1. The molecule has 1 atom stereocenters. The van der Waals surface area contributed by atoms with E-state index in [1.165, 1.54) is 0 Å². The maximum Gasteiger partial charge on any atom is 0.128 e. The Morgan fingerprint density at radius 3 is 2.30 bits per heavy atom. The molecule has 0 aliphatic heterocycles. The normalized spacial score (nSPS) is 12.3. The Kier molecular flexibility index (Phi) is 4.51. The Balaban J connectivity index is 2.53. The van der Waals surface area contributed by atoms with E-state index in [2.05, 4.69) is 15.9 Å². The molecule has 0 heterocycles. The van der Waals surface area contributed by atoms with Crippen LogP contribution in [0.25, 0.3) is 0 Å². The average molecular weight is 335 g/mol. The SMILES string of the molecule is COc1c(C(O)c2ccc(C)cc2Br)ccc(C)c1C. The van der Waals surface area contributed by atoms with Crippen LogP contribution in [0.5, 0.6) is 5.75 Å². The molecule has 0 fully saturated rings. The standard InChI is InChI=1S/C17H19BrO2/c1-10-5-7-13(15(18)9-10)16(19)14-8-6-11(2)12(3)17(14)20-4/h5-9,16,19H,1-4H3. The molecule has 1 N–H and O–H groups in total. The minimum Gasteiger partial charge on any atom is -0.496 e. The van der Waals surface area contributed by atoms with Gasteiger partial charge in [0, 0.05) is 10.0 Å². The molecule has 1 unspecified atom stereocenters. The number of aliphatic hydroxyl groups excluding tert-OH is 1. The summed E-state index contributed by atoms with van der Waals surface area (Å²) < 4.78 is 6.40. The van der Waals surface area contributed by atoms with Gasteiger partial charge >= 0.3 is 0 Å². The van der Waals surface area contributed by atoms with Crippen molar-refractivity contribution in [2.75, 3.05) is 7.11 Å². The number of hydrogen-bond donors (Lipinski definition) is 1. The second-order valence-corrected chi connectivity index (χ2v) is 5.91. The van der Waals surface area contributed by atoms with Crippen molar-refractivity contribution in [3.8, 4) is 5.75 Å². The van der Waals surface area contributed by atoms with E-state index in [9.17, 15) is 5.11 Å². The van der Waals surface area contributed by atoms with Crippen molar-refractivity contribution in [2.45, 2.75) is 26.9 Å². The molecule has 0 radical (unpaired) electrons. The molecule has 0 amide bonds. The molecule has 2 aromatic rings. The molecule has 0 aliphatic carbocycles. The van der Waals surface area contributed by atoms with Gasteiger partial charge in [0.25, 0.3) is 0 Å². The first-order valence-corrected chi connectivity index (χ1v) is 7.33. The van der Waals surface area contributed by atoms with Crippen molar-refractivity contribution in [1.29, 1.82) is 0 Å². The topological polar surface area (TPSA) is 29.5 Å². The number of hydrogen-bond acceptors (Lipinski definition) is 2. The van der Waals surface area contributed by atoms with Crippen molar-refractivity contribution < 1.29 is 9.84 Å². The molecule has 2 nitrogen and oxygen atoms in total. The highest BCUT2D eigenvalue weighted by atomic mass is 79.9. The lowest BCUT2D eigenvalue weighted by Crippen LogP contribution is -2.05. The highest BCUT2D eigenvalue weighted by Gasteiger charge is 2.19. The van der Waals surface area contributed by atoms with Gasteiger partial charge in [0.15, 0.2) is 0 Å². The average Bonchev–Trinajstić information content (AvgIpc) is 2.41. The van der Waals surface area contributed by atoms with E-state index in [0.29, 0.717) is 0 Å². The number of methoxy groups -OCH3 is 1. The van der Waals surface area contributed by atoms with Crippen LogP contribution >= 0.6 is 15.9 Å². The van der Waals surface area contributed by atoms with Gasteiger partial charge in [0.1, 0.15) is 11.9 Å². The van der Waals surface area contributed by atoms with Crippen LogP contribution in [0.3, 0.4) is 0 Å². The minimum absolute atomic E-state index is 0.709. The fourth-order valence-electron chi connectivity index (χ4n) is 2.32. The van der Waals surface area contributed by atoms with Gasteiger partial charge in [-0.1, -0.05) is 40.2 Å². The monoisotopic (exact) mass is 334 g/mol. The third-order valence-electron chi connectivity index (χ3n) is 3.66. The van der Waals surface area contributed by atoms with Crippen LogP contribution in [0.1, 0.15) is 33.9 Å². The first kappa shape index (κ1) is 15.1. The van der Waals surface area contributed by atoms with E-state index in [4.69, 9.17) is 4.74 Å². The van der Waals surface area contributed by atoms with Gasteiger partial charge in [-0.05, 0) is 49.1 Å². The third-order valence-corrected chi connectivity index (χ3v) is 4.34. The molecule has 0 aromatic heterocycles. The van der Waals surface area contributed by atoms with Crippen LogP contribution in [-0.2, 0) is 0 Å². The second-order valence-electron chi connectivity index (χ2n) is 5.06. The van der Waals surface area contributed by atoms with Gasteiger partial charge in [-0.15, -0.1) is 0 Å². The lowest BCUT2D eigenvalue weighted by Gasteiger charge is -2.19. The fraction of sp³-hybridized carbons (Fsp3) is 0.294. The van der Waals surface area contributed by atoms with Gasteiger partial charge in [0.2, 0.25) is 0 Å². The zero-order valence-corrected chi connectivity index (χ0v) is 13.8. The first-order chi connectivity index (χ1) is 9.45. The number of ether oxygens (including phenoxy) is 1. The van der Waals surface area contributed by atoms with Gasteiger partial charge in [0.05, 0.1) is 7.11 Å². The summed E-state index contributed by atoms with van der Waals surface area (Å²) in [5.74, 6) is 0.755. The summed E-state index contributed by atoms with van der Waals surface area (Å²) in [6.07, 6.45) is -0.709.